The van der Waals surface area contributed by atoms with Gasteiger partial charge in [0.05, 0.1) is 11.4 Å². The Kier molecular flexibility index (Phi) is 3.25. The molecule has 0 saturated heterocycles. The monoisotopic (exact) mass is 179 g/mol. The van der Waals surface area contributed by atoms with E-state index in [-0.39, 0.29) is 0 Å². The maximum atomic E-state index is 5.78. The van der Waals surface area contributed by atoms with Crippen molar-refractivity contribution in [3.05, 3.63) is 23.5 Å². The zero-order chi connectivity index (χ0) is 9.84. The number of hydrogen-bond acceptors (Lipinski definition) is 3. The van der Waals surface area contributed by atoms with Gasteiger partial charge in [-0.15, -0.1) is 0 Å². The fourth-order valence-electron chi connectivity index (χ4n) is 1.20. The number of nitrogen functional groups attached to an aromatic ring is 1. The van der Waals surface area contributed by atoms with Crippen LogP contribution in [0, 0.1) is 0 Å². The molecule has 0 amide bonds. The second kappa shape index (κ2) is 4.23. The zero-order valence-electron chi connectivity index (χ0n) is 8.25. The van der Waals surface area contributed by atoms with Crippen LogP contribution in [0.1, 0.15) is 37.4 Å². The van der Waals surface area contributed by atoms with Crippen LogP contribution in [0.25, 0.3) is 0 Å². The van der Waals surface area contributed by atoms with Crippen molar-refractivity contribution in [1.29, 1.82) is 0 Å². The molecule has 0 aliphatic rings. The molecular formula is C10H17N3. The summed E-state index contributed by atoms with van der Waals surface area (Å²) >= 11 is 0. The predicted octanol–water partition coefficient (Wildman–Crippen LogP) is 1.64. The minimum Gasteiger partial charge on any atom is -0.397 e. The molecular weight excluding hydrogens is 162 g/mol. The number of rotatable bonds is 3. The van der Waals surface area contributed by atoms with Gasteiger partial charge in [-0.2, -0.15) is 0 Å². The third kappa shape index (κ3) is 2.18. The minimum absolute atomic E-state index is 0.409. The molecule has 0 spiro atoms. The molecule has 0 bridgehead atoms. The first-order valence-corrected chi connectivity index (χ1v) is 4.63. The van der Waals surface area contributed by atoms with Gasteiger partial charge in [0.1, 0.15) is 0 Å². The lowest BCUT2D eigenvalue weighted by Gasteiger charge is -2.10. The van der Waals surface area contributed by atoms with Gasteiger partial charge >= 0.3 is 0 Å². The second-order valence-corrected chi connectivity index (χ2v) is 3.32. The van der Waals surface area contributed by atoms with Crippen molar-refractivity contribution in [2.75, 3.05) is 5.73 Å². The first kappa shape index (κ1) is 9.99. The van der Waals surface area contributed by atoms with Gasteiger partial charge in [0.15, 0.2) is 0 Å². The second-order valence-electron chi connectivity index (χ2n) is 3.32. The minimum atomic E-state index is 0.409. The van der Waals surface area contributed by atoms with Crippen molar-refractivity contribution in [3.63, 3.8) is 0 Å². The largest absolute Gasteiger partial charge is 0.397 e. The third-order valence-electron chi connectivity index (χ3n) is 2.40. The summed E-state index contributed by atoms with van der Waals surface area (Å²) in [7, 11) is 0. The van der Waals surface area contributed by atoms with Crippen LogP contribution in [0.5, 0.6) is 0 Å². The predicted molar refractivity (Wildman–Crippen MR) is 55.2 cm³/mol. The van der Waals surface area contributed by atoms with E-state index in [0.717, 1.165) is 12.1 Å². The smallest absolute Gasteiger partial charge is 0.0768 e. The number of anilines is 1. The van der Waals surface area contributed by atoms with E-state index in [0.29, 0.717) is 18.2 Å². The van der Waals surface area contributed by atoms with Crippen LogP contribution in [0.4, 0.5) is 5.69 Å². The Hall–Kier alpha value is -1.09. The van der Waals surface area contributed by atoms with Crippen molar-refractivity contribution < 1.29 is 0 Å². The Balaban J connectivity index is 2.95. The molecule has 0 radical (unpaired) electrons. The summed E-state index contributed by atoms with van der Waals surface area (Å²) in [5, 5.41) is 0. The van der Waals surface area contributed by atoms with E-state index < -0.39 is 0 Å². The standard InChI is InChI=1S/C10H17N3/c1-3-7(2)8-4-9(12)10(5-11)13-6-8/h4,6-7H,3,5,11-12H2,1-2H3. The van der Waals surface area contributed by atoms with Crippen molar-refractivity contribution in [1.82, 2.24) is 4.98 Å². The summed E-state index contributed by atoms with van der Waals surface area (Å²) in [5.41, 5.74) is 13.9. The van der Waals surface area contributed by atoms with E-state index in [9.17, 15) is 0 Å². The van der Waals surface area contributed by atoms with Crippen molar-refractivity contribution in [3.8, 4) is 0 Å². The molecule has 1 rings (SSSR count). The summed E-state index contributed by atoms with van der Waals surface area (Å²) in [6.45, 7) is 4.73. The quantitative estimate of drug-likeness (QED) is 0.741. The van der Waals surface area contributed by atoms with Crippen LogP contribution in [0.3, 0.4) is 0 Å². The maximum absolute atomic E-state index is 5.78. The van der Waals surface area contributed by atoms with Crippen LogP contribution in [0.2, 0.25) is 0 Å². The van der Waals surface area contributed by atoms with Crippen LogP contribution in [0.15, 0.2) is 12.3 Å². The Morgan fingerprint density at radius 2 is 2.23 bits per heavy atom. The Bertz CT molecular complexity index is 283. The molecule has 13 heavy (non-hydrogen) atoms. The summed E-state index contributed by atoms with van der Waals surface area (Å²) in [5.74, 6) is 0.515. The highest BCUT2D eigenvalue weighted by Crippen LogP contribution is 2.20. The molecule has 1 aromatic heterocycles. The van der Waals surface area contributed by atoms with Gasteiger partial charge in [0.25, 0.3) is 0 Å². The van der Waals surface area contributed by atoms with E-state index in [4.69, 9.17) is 11.5 Å². The maximum Gasteiger partial charge on any atom is 0.0768 e. The third-order valence-corrected chi connectivity index (χ3v) is 2.40. The SMILES string of the molecule is CCC(C)c1cnc(CN)c(N)c1. The molecule has 0 fully saturated rings. The molecule has 0 aliphatic heterocycles. The zero-order valence-corrected chi connectivity index (χ0v) is 8.25. The van der Waals surface area contributed by atoms with E-state index in [2.05, 4.69) is 18.8 Å². The fourth-order valence-corrected chi connectivity index (χ4v) is 1.20. The molecule has 4 N–H and O–H groups in total. The lowest BCUT2D eigenvalue weighted by atomic mass is 10.00. The number of aromatic nitrogens is 1. The molecule has 1 aromatic rings. The van der Waals surface area contributed by atoms with Crippen LogP contribution < -0.4 is 11.5 Å². The van der Waals surface area contributed by atoms with Crippen molar-refractivity contribution >= 4 is 5.69 Å². The lowest BCUT2D eigenvalue weighted by molar-refractivity contribution is 0.728. The molecule has 0 saturated carbocycles. The fraction of sp³-hybridized carbons (Fsp3) is 0.500. The lowest BCUT2D eigenvalue weighted by Crippen LogP contribution is -2.06. The van der Waals surface area contributed by atoms with Gasteiger partial charge in [-0.3, -0.25) is 4.98 Å². The van der Waals surface area contributed by atoms with Gasteiger partial charge in [-0.05, 0) is 24.0 Å². The first-order valence-electron chi connectivity index (χ1n) is 4.63. The average molecular weight is 179 g/mol. The number of nitrogens with zero attached hydrogens (tertiary/aromatic N) is 1. The van der Waals surface area contributed by atoms with Crippen LogP contribution >= 0.6 is 0 Å². The molecule has 72 valence electrons. The number of hydrogen-bond donors (Lipinski definition) is 2. The molecule has 1 atom stereocenters. The summed E-state index contributed by atoms with van der Waals surface area (Å²) in [6.07, 6.45) is 2.97. The highest BCUT2D eigenvalue weighted by Gasteiger charge is 2.05. The molecule has 3 nitrogen and oxygen atoms in total. The van der Waals surface area contributed by atoms with Gasteiger partial charge in [-0.1, -0.05) is 13.8 Å². The summed E-state index contributed by atoms with van der Waals surface area (Å²) in [4.78, 5) is 4.22. The molecule has 1 heterocycles. The van der Waals surface area contributed by atoms with Gasteiger partial charge in [0.2, 0.25) is 0 Å². The van der Waals surface area contributed by atoms with Gasteiger partial charge in [0, 0.05) is 12.7 Å². The molecule has 1 unspecified atom stereocenters. The normalized spacial score (nSPS) is 12.8. The Labute approximate surface area is 79.2 Å². The summed E-state index contributed by atoms with van der Waals surface area (Å²) in [6, 6.07) is 1.98. The van der Waals surface area contributed by atoms with Gasteiger partial charge < -0.3 is 11.5 Å². The van der Waals surface area contributed by atoms with E-state index in [1.807, 2.05) is 12.3 Å². The highest BCUT2D eigenvalue weighted by atomic mass is 14.8. The molecule has 0 aromatic carbocycles. The summed E-state index contributed by atoms with van der Waals surface area (Å²) < 4.78 is 0. The van der Waals surface area contributed by atoms with E-state index in [1.54, 1.807) is 0 Å². The first-order chi connectivity index (χ1) is 6.19. The van der Waals surface area contributed by atoms with Crippen molar-refractivity contribution in [2.24, 2.45) is 5.73 Å². The number of pyridine rings is 1. The highest BCUT2D eigenvalue weighted by molar-refractivity contribution is 5.45. The topological polar surface area (TPSA) is 64.9 Å². The van der Waals surface area contributed by atoms with Gasteiger partial charge in [-0.25, -0.2) is 0 Å². The Morgan fingerprint density at radius 1 is 1.54 bits per heavy atom. The molecule has 3 heteroatoms. The van der Waals surface area contributed by atoms with E-state index >= 15 is 0 Å². The van der Waals surface area contributed by atoms with E-state index in [1.165, 1.54) is 5.56 Å². The van der Waals surface area contributed by atoms with Crippen LogP contribution in [-0.2, 0) is 6.54 Å². The average Bonchev–Trinajstić information content (AvgIpc) is 2.16. The van der Waals surface area contributed by atoms with Crippen LogP contribution in [-0.4, -0.2) is 4.98 Å². The Morgan fingerprint density at radius 3 is 2.69 bits per heavy atom. The van der Waals surface area contributed by atoms with Crippen molar-refractivity contribution in [2.45, 2.75) is 32.7 Å². The number of nitrogens with two attached hydrogens (primary N) is 2. The molecule has 0 aliphatic carbocycles.